The lowest BCUT2D eigenvalue weighted by molar-refractivity contribution is 0.101. The van der Waals surface area contributed by atoms with Gasteiger partial charge in [0, 0.05) is 23.5 Å². The molecule has 4 aromatic rings. The van der Waals surface area contributed by atoms with Crippen molar-refractivity contribution in [3.63, 3.8) is 0 Å². The van der Waals surface area contributed by atoms with E-state index in [1.807, 2.05) is 95.6 Å². The van der Waals surface area contributed by atoms with Crippen molar-refractivity contribution in [2.45, 2.75) is 19.9 Å². The summed E-state index contributed by atoms with van der Waals surface area (Å²) in [6, 6.07) is 29.2. The number of benzene rings is 3. The van der Waals surface area contributed by atoms with Crippen LogP contribution in [0.1, 0.15) is 23.8 Å². The molecule has 0 radical (unpaired) electrons. The zero-order valence-electron chi connectivity index (χ0n) is 16.9. The van der Waals surface area contributed by atoms with Crippen molar-refractivity contribution in [3.05, 3.63) is 96.7 Å². The van der Waals surface area contributed by atoms with Gasteiger partial charge >= 0.3 is 0 Å². The maximum atomic E-state index is 13.4. The fraction of sp³-hybridized carbons (Fsp3) is 0.120. The van der Waals surface area contributed by atoms with Gasteiger partial charge in [-0.25, -0.2) is 4.98 Å². The van der Waals surface area contributed by atoms with E-state index in [2.05, 4.69) is 17.6 Å². The molecule has 0 aliphatic carbocycles. The van der Waals surface area contributed by atoms with Gasteiger partial charge in [0.05, 0.1) is 0 Å². The van der Waals surface area contributed by atoms with Crippen LogP contribution in [0.3, 0.4) is 0 Å². The Morgan fingerprint density at radius 3 is 2.00 bits per heavy atom. The molecule has 0 bridgehead atoms. The van der Waals surface area contributed by atoms with E-state index in [4.69, 9.17) is 4.98 Å². The van der Waals surface area contributed by atoms with Gasteiger partial charge in [-0.3, -0.25) is 4.79 Å². The first-order valence-corrected chi connectivity index (χ1v) is 10.1. The molecule has 1 amide bonds. The van der Waals surface area contributed by atoms with Crippen LogP contribution < -0.4 is 10.6 Å². The Hall–Kier alpha value is -3.86. The zero-order chi connectivity index (χ0) is 20.8. The van der Waals surface area contributed by atoms with Gasteiger partial charge in [0.25, 0.3) is 5.91 Å². The van der Waals surface area contributed by atoms with Crippen molar-refractivity contribution in [2.75, 3.05) is 10.6 Å². The summed E-state index contributed by atoms with van der Waals surface area (Å²) in [6.45, 7) is 2.78. The number of rotatable bonds is 7. The predicted octanol–water partition coefficient (Wildman–Crippen LogP) is 5.96. The van der Waals surface area contributed by atoms with Crippen LogP contribution in [0, 0.1) is 0 Å². The molecular formula is C25H24N4O. The number of anilines is 3. The van der Waals surface area contributed by atoms with Gasteiger partial charge in [-0.2, -0.15) is 0 Å². The lowest BCUT2D eigenvalue weighted by Gasteiger charge is -2.13. The molecule has 0 fully saturated rings. The van der Waals surface area contributed by atoms with Gasteiger partial charge < -0.3 is 15.2 Å². The highest BCUT2D eigenvalue weighted by Crippen LogP contribution is 2.29. The van der Waals surface area contributed by atoms with E-state index in [1.54, 1.807) is 0 Å². The maximum absolute atomic E-state index is 13.4. The normalized spacial score (nSPS) is 10.6. The van der Waals surface area contributed by atoms with Crippen molar-refractivity contribution < 1.29 is 4.79 Å². The van der Waals surface area contributed by atoms with Crippen LogP contribution in [-0.4, -0.2) is 15.5 Å². The number of hydrogen-bond acceptors (Lipinski definition) is 3. The average Bonchev–Trinajstić information content (AvgIpc) is 3.14. The highest BCUT2D eigenvalue weighted by atomic mass is 16.2. The van der Waals surface area contributed by atoms with Crippen molar-refractivity contribution in [1.82, 2.24) is 9.55 Å². The first-order valence-electron chi connectivity index (χ1n) is 10.1. The Bertz CT molecular complexity index is 1110. The number of para-hydroxylation sites is 2. The van der Waals surface area contributed by atoms with Crippen LogP contribution in [0.25, 0.3) is 11.4 Å². The first-order chi connectivity index (χ1) is 14.8. The molecule has 0 aliphatic heterocycles. The van der Waals surface area contributed by atoms with E-state index in [0.717, 1.165) is 29.2 Å². The fourth-order valence-corrected chi connectivity index (χ4v) is 3.39. The van der Waals surface area contributed by atoms with E-state index in [0.29, 0.717) is 18.1 Å². The van der Waals surface area contributed by atoms with Crippen LogP contribution in [0.4, 0.5) is 17.2 Å². The Balaban J connectivity index is 1.81. The molecule has 0 saturated heterocycles. The Morgan fingerprint density at radius 2 is 1.40 bits per heavy atom. The summed E-state index contributed by atoms with van der Waals surface area (Å²) >= 11 is 0. The van der Waals surface area contributed by atoms with Gasteiger partial charge in [-0.15, -0.1) is 0 Å². The second kappa shape index (κ2) is 9.09. The van der Waals surface area contributed by atoms with E-state index >= 15 is 0 Å². The summed E-state index contributed by atoms with van der Waals surface area (Å²) in [7, 11) is 0. The quantitative estimate of drug-likeness (QED) is 0.405. The highest BCUT2D eigenvalue weighted by molar-refractivity contribution is 6.07. The second-order valence-corrected chi connectivity index (χ2v) is 6.96. The smallest absolute Gasteiger partial charge is 0.276 e. The van der Waals surface area contributed by atoms with Crippen molar-refractivity contribution >= 4 is 23.1 Å². The Morgan fingerprint density at radius 1 is 0.833 bits per heavy atom. The standard InChI is InChI=1S/C25H24N4O/c1-2-18-29-22(25(30)27-21-16-10-5-11-17-21)23(26-20-14-8-4-9-15-20)28-24(29)19-12-6-3-7-13-19/h3-17,26H,2,18H2,1H3,(H,27,30). The topological polar surface area (TPSA) is 59.0 Å². The minimum Gasteiger partial charge on any atom is -0.338 e. The third-order valence-corrected chi connectivity index (χ3v) is 4.73. The predicted molar refractivity (Wildman–Crippen MR) is 122 cm³/mol. The molecule has 0 aliphatic rings. The molecule has 5 nitrogen and oxygen atoms in total. The number of imidazole rings is 1. The van der Waals surface area contributed by atoms with Crippen molar-refractivity contribution in [1.29, 1.82) is 0 Å². The molecule has 0 spiro atoms. The van der Waals surface area contributed by atoms with Crippen LogP contribution in [0.15, 0.2) is 91.0 Å². The summed E-state index contributed by atoms with van der Waals surface area (Å²) < 4.78 is 2.00. The number of carbonyl (C=O) groups is 1. The molecule has 0 unspecified atom stereocenters. The maximum Gasteiger partial charge on any atom is 0.276 e. The minimum absolute atomic E-state index is 0.192. The molecular weight excluding hydrogens is 372 g/mol. The second-order valence-electron chi connectivity index (χ2n) is 6.96. The van der Waals surface area contributed by atoms with Gasteiger partial charge in [0.1, 0.15) is 5.82 Å². The fourth-order valence-electron chi connectivity index (χ4n) is 3.39. The average molecular weight is 396 g/mol. The van der Waals surface area contributed by atoms with E-state index < -0.39 is 0 Å². The summed E-state index contributed by atoms with van der Waals surface area (Å²) in [4.78, 5) is 18.2. The molecule has 4 rings (SSSR count). The Kier molecular flexibility index (Phi) is 5.90. The highest BCUT2D eigenvalue weighted by Gasteiger charge is 2.24. The monoisotopic (exact) mass is 396 g/mol. The van der Waals surface area contributed by atoms with Crippen molar-refractivity contribution in [2.24, 2.45) is 0 Å². The number of nitrogens with zero attached hydrogens (tertiary/aromatic N) is 2. The summed E-state index contributed by atoms with van der Waals surface area (Å²) in [5, 5.41) is 6.34. The zero-order valence-corrected chi connectivity index (χ0v) is 16.9. The molecule has 1 heterocycles. The molecule has 5 heteroatoms. The number of nitrogens with one attached hydrogen (secondary N) is 2. The lowest BCUT2D eigenvalue weighted by atomic mass is 10.2. The number of hydrogen-bond donors (Lipinski definition) is 2. The van der Waals surface area contributed by atoms with Crippen LogP contribution >= 0.6 is 0 Å². The summed E-state index contributed by atoms with van der Waals surface area (Å²) in [5.74, 6) is 1.12. The molecule has 0 atom stereocenters. The third-order valence-electron chi connectivity index (χ3n) is 4.73. The lowest BCUT2D eigenvalue weighted by Crippen LogP contribution is -2.19. The van der Waals surface area contributed by atoms with E-state index in [9.17, 15) is 4.79 Å². The third kappa shape index (κ3) is 4.25. The molecule has 0 saturated carbocycles. The van der Waals surface area contributed by atoms with E-state index in [1.165, 1.54) is 0 Å². The Labute approximate surface area is 176 Å². The molecule has 3 aromatic carbocycles. The van der Waals surface area contributed by atoms with Crippen LogP contribution in [0.2, 0.25) is 0 Å². The van der Waals surface area contributed by atoms with Gasteiger partial charge in [-0.05, 0) is 30.7 Å². The van der Waals surface area contributed by atoms with Gasteiger partial charge in [0.15, 0.2) is 11.5 Å². The van der Waals surface area contributed by atoms with Crippen LogP contribution in [0.5, 0.6) is 0 Å². The van der Waals surface area contributed by atoms with Gasteiger partial charge in [-0.1, -0.05) is 73.7 Å². The molecule has 30 heavy (non-hydrogen) atoms. The molecule has 1 aromatic heterocycles. The largest absolute Gasteiger partial charge is 0.338 e. The summed E-state index contributed by atoms with van der Waals surface area (Å²) in [5.41, 5.74) is 3.12. The molecule has 2 N–H and O–H groups in total. The van der Waals surface area contributed by atoms with Crippen LogP contribution in [-0.2, 0) is 6.54 Å². The molecule has 150 valence electrons. The first kappa shape index (κ1) is 19.5. The van der Waals surface area contributed by atoms with Gasteiger partial charge in [0.2, 0.25) is 0 Å². The van der Waals surface area contributed by atoms with E-state index in [-0.39, 0.29) is 5.91 Å². The SMILES string of the molecule is CCCn1c(-c2ccccc2)nc(Nc2ccccc2)c1C(=O)Nc1ccccc1. The van der Waals surface area contributed by atoms with Crippen molar-refractivity contribution in [3.8, 4) is 11.4 Å². The summed E-state index contributed by atoms with van der Waals surface area (Å²) in [6.07, 6.45) is 0.882. The number of aromatic nitrogens is 2. The number of carbonyl (C=O) groups excluding carboxylic acids is 1. The number of amides is 1. The minimum atomic E-state index is -0.192.